The zero-order valence-corrected chi connectivity index (χ0v) is 12.0. The van der Waals surface area contributed by atoms with Crippen LogP contribution in [0, 0.1) is 11.3 Å². The monoisotopic (exact) mass is 247 g/mol. The second-order valence-corrected chi connectivity index (χ2v) is 6.35. The highest BCUT2D eigenvalue weighted by atomic mass is 15.2. The van der Waals surface area contributed by atoms with Gasteiger partial charge in [-0.25, -0.2) is 4.98 Å². The summed E-state index contributed by atoms with van der Waals surface area (Å²) in [5.41, 5.74) is 1.71. The second kappa shape index (κ2) is 5.27. The van der Waals surface area contributed by atoms with Crippen molar-refractivity contribution in [1.82, 2.24) is 10.3 Å². The van der Waals surface area contributed by atoms with Crippen molar-refractivity contribution in [3.8, 4) is 0 Å². The van der Waals surface area contributed by atoms with Crippen molar-refractivity contribution >= 4 is 5.82 Å². The number of nitrogens with one attached hydrogen (secondary N) is 1. The van der Waals surface area contributed by atoms with Crippen molar-refractivity contribution in [1.29, 1.82) is 0 Å². The standard InChI is InChI=1S/C15H25N3/c1-15(2,3)13-6-8-18(11-13)14-9-12(10-16-4)5-7-17-14/h5,7,9,13,16H,6,8,10-11H2,1-4H3. The lowest BCUT2D eigenvalue weighted by Gasteiger charge is -2.27. The highest BCUT2D eigenvalue weighted by Crippen LogP contribution is 2.35. The molecule has 0 bridgehead atoms. The van der Waals surface area contributed by atoms with Crippen LogP contribution in [-0.4, -0.2) is 25.1 Å². The maximum absolute atomic E-state index is 4.52. The summed E-state index contributed by atoms with van der Waals surface area (Å²) in [6.45, 7) is 10.2. The van der Waals surface area contributed by atoms with Gasteiger partial charge in [-0.15, -0.1) is 0 Å². The van der Waals surface area contributed by atoms with E-state index in [1.807, 2.05) is 13.2 Å². The van der Waals surface area contributed by atoms with Gasteiger partial charge in [-0.3, -0.25) is 0 Å². The summed E-state index contributed by atoms with van der Waals surface area (Å²) in [5, 5.41) is 3.19. The summed E-state index contributed by atoms with van der Waals surface area (Å²) in [6.07, 6.45) is 3.20. The molecule has 1 aromatic heterocycles. The summed E-state index contributed by atoms with van der Waals surface area (Å²) in [4.78, 5) is 6.94. The van der Waals surface area contributed by atoms with Crippen molar-refractivity contribution in [2.24, 2.45) is 11.3 Å². The van der Waals surface area contributed by atoms with Gasteiger partial charge in [-0.05, 0) is 42.5 Å². The lowest BCUT2D eigenvalue weighted by Crippen LogP contribution is -2.26. The summed E-state index contributed by atoms with van der Waals surface area (Å²) in [7, 11) is 1.98. The average Bonchev–Trinajstić information content (AvgIpc) is 2.78. The molecule has 3 heteroatoms. The van der Waals surface area contributed by atoms with E-state index < -0.39 is 0 Å². The minimum absolute atomic E-state index is 0.400. The van der Waals surface area contributed by atoms with Crippen LogP contribution in [-0.2, 0) is 6.54 Å². The van der Waals surface area contributed by atoms with Gasteiger partial charge in [0.2, 0.25) is 0 Å². The predicted octanol–water partition coefficient (Wildman–Crippen LogP) is 2.67. The Bertz CT molecular complexity index is 395. The topological polar surface area (TPSA) is 28.2 Å². The molecule has 0 aliphatic carbocycles. The molecule has 18 heavy (non-hydrogen) atoms. The Morgan fingerprint density at radius 1 is 1.44 bits per heavy atom. The van der Waals surface area contributed by atoms with Crippen LogP contribution in [0.25, 0.3) is 0 Å². The molecule has 1 fully saturated rings. The summed E-state index contributed by atoms with van der Waals surface area (Å²) in [5.74, 6) is 1.90. The van der Waals surface area contributed by atoms with Crippen molar-refractivity contribution in [2.45, 2.75) is 33.7 Å². The van der Waals surface area contributed by atoms with Gasteiger partial charge in [0.25, 0.3) is 0 Å². The van der Waals surface area contributed by atoms with Gasteiger partial charge in [0.05, 0.1) is 0 Å². The lowest BCUT2D eigenvalue weighted by atomic mass is 9.80. The van der Waals surface area contributed by atoms with E-state index in [1.54, 1.807) is 0 Å². The van der Waals surface area contributed by atoms with Crippen LogP contribution < -0.4 is 10.2 Å². The Morgan fingerprint density at radius 3 is 2.83 bits per heavy atom. The molecule has 1 atom stereocenters. The number of nitrogens with zero attached hydrogens (tertiary/aromatic N) is 2. The van der Waals surface area contributed by atoms with Gasteiger partial charge in [-0.2, -0.15) is 0 Å². The first-order valence-electron chi connectivity index (χ1n) is 6.85. The fourth-order valence-electron chi connectivity index (χ4n) is 2.62. The SMILES string of the molecule is CNCc1ccnc(N2CCC(C(C)(C)C)C2)c1. The van der Waals surface area contributed by atoms with Crippen molar-refractivity contribution in [3.05, 3.63) is 23.9 Å². The summed E-state index contributed by atoms with van der Waals surface area (Å²) in [6, 6.07) is 4.29. The normalized spacial score (nSPS) is 20.4. The van der Waals surface area contributed by atoms with E-state index in [4.69, 9.17) is 0 Å². The highest BCUT2D eigenvalue weighted by Gasteiger charge is 2.32. The fraction of sp³-hybridized carbons (Fsp3) is 0.667. The molecule has 3 nitrogen and oxygen atoms in total. The number of aromatic nitrogens is 1. The number of rotatable bonds is 3. The molecule has 0 aromatic carbocycles. The molecule has 1 aliphatic rings. The van der Waals surface area contributed by atoms with Gasteiger partial charge in [0, 0.05) is 25.8 Å². The van der Waals surface area contributed by atoms with E-state index in [0.717, 1.165) is 31.4 Å². The maximum atomic E-state index is 4.52. The molecule has 1 unspecified atom stereocenters. The zero-order chi connectivity index (χ0) is 13.2. The number of anilines is 1. The molecular weight excluding hydrogens is 222 g/mol. The molecule has 2 rings (SSSR count). The average molecular weight is 247 g/mol. The van der Waals surface area contributed by atoms with E-state index in [0.29, 0.717) is 5.41 Å². The maximum Gasteiger partial charge on any atom is 0.128 e. The molecule has 1 aliphatic heterocycles. The van der Waals surface area contributed by atoms with E-state index >= 15 is 0 Å². The van der Waals surface area contributed by atoms with Crippen LogP contribution in [0.15, 0.2) is 18.3 Å². The smallest absolute Gasteiger partial charge is 0.128 e. The number of hydrogen-bond donors (Lipinski definition) is 1. The molecule has 1 aromatic rings. The molecule has 0 spiro atoms. The minimum atomic E-state index is 0.400. The quantitative estimate of drug-likeness (QED) is 0.890. The number of hydrogen-bond acceptors (Lipinski definition) is 3. The Balaban J connectivity index is 2.07. The third kappa shape index (κ3) is 3.02. The minimum Gasteiger partial charge on any atom is -0.356 e. The van der Waals surface area contributed by atoms with Crippen LogP contribution in [0.3, 0.4) is 0 Å². The van der Waals surface area contributed by atoms with E-state index in [1.165, 1.54) is 12.0 Å². The Labute approximate surface area is 111 Å². The molecule has 0 radical (unpaired) electrons. The Kier molecular flexibility index (Phi) is 3.91. The predicted molar refractivity (Wildman–Crippen MR) is 76.8 cm³/mol. The van der Waals surface area contributed by atoms with Crippen LogP contribution in [0.1, 0.15) is 32.8 Å². The first-order valence-corrected chi connectivity index (χ1v) is 6.85. The molecular formula is C15H25N3. The van der Waals surface area contributed by atoms with E-state index in [9.17, 15) is 0 Å². The highest BCUT2D eigenvalue weighted by molar-refractivity contribution is 5.42. The summed E-state index contributed by atoms with van der Waals surface area (Å²) < 4.78 is 0. The molecule has 1 N–H and O–H groups in total. The van der Waals surface area contributed by atoms with Crippen molar-refractivity contribution in [2.75, 3.05) is 25.0 Å². The molecule has 0 saturated carbocycles. The number of pyridine rings is 1. The zero-order valence-electron chi connectivity index (χ0n) is 12.0. The summed E-state index contributed by atoms with van der Waals surface area (Å²) >= 11 is 0. The Hall–Kier alpha value is -1.09. The third-order valence-corrected chi connectivity index (χ3v) is 3.93. The van der Waals surface area contributed by atoms with Crippen LogP contribution in [0.4, 0.5) is 5.82 Å². The Morgan fingerprint density at radius 2 is 2.22 bits per heavy atom. The van der Waals surface area contributed by atoms with Gasteiger partial charge >= 0.3 is 0 Å². The molecule has 1 saturated heterocycles. The molecule has 100 valence electrons. The van der Waals surface area contributed by atoms with Gasteiger partial charge < -0.3 is 10.2 Å². The van der Waals surface area contributed by atoms with Crippen molar-refractivity contribution < 1.29 is 0 Å². The van der Waals surface area contributed by atoms with Crippen LogP contribution in [0.5, 0.6) is 0 Å². The van der Waals surface area contributed by atoms with E-state index in [2.05, 4.69) is 48.1 Å². The fourth-order valence-corrected chi connectivity index (χ4v) is 2.62. The van der Waals surface area contributed by atoms with Crippen molar-refractivity contribution in [3.63, 3.8) is 0 Å². The first kappa shape index (κ1) is 13.3. The van der Waals surface area contributed by atoms with Gasteiger partial charge in [0.1, 0.15) is 5.82 Å². The largest absolute Gasteiger partial charge is 0.356 e. The van der Waals surface area contributed by atoms with Gasteiger partial charge in [-0.1, -0.05) is 20.8 Å². The third-order valence-electron chi connectivity index (χ3n) is 3.93. The lowest BCUT2D eigenvalue weighted by molar-refractivity contribution is 0.263. The first-order chi connectivity index (χ1) is 8.50. The molecule has 0 amide bonds. The van der Waals surface area contributed by atoms with Crippen LogP contribution >= 0.6 is 0 Å². The van der Waals surface area contributed by atoms with Crippen LogP contribution in [0.2, 0.25) is 0 Å². The molecule has 2 heterocycles. The van der Waals surface area contributed by atoms with Gasteiger partial charge in [0.15, 0.2) is 0 Å². The second-order valence-electron chi connectivity index (χ2n) is 6.35. The van der Waals surface area contributed by atoms with E-state index in [-0.39, 0.29) is 0 Å².